The molecule has 4 aromatic rings. The highest BCUT2D eigenvalue weighted by atomic mass is 35.5. The highest BCUT2D eigenvalue weighted by Crippen LogP contribution is 2.61. The summed E-state index contributed by atoms with van der Waals surface area (Å²) >= 11 is 25.6. The molecule has 2 aliphatic carbocycles. The number of halogens is 4. The highest BCUT2D eigenvalue weighted by Gasteiger charge is 2.50. The number of para-hydroxylation sites is 1. The van der Waals surface area contributed by atoms with Crippen molar-refractivity contribution in [3.05, 3.63) is 126 Å². The Bertz CT molecular complexity index is 1990. The second-order valence-electron chi connectivity index (χ2n) is 13.5. The van der Waals surface area contributed by atoms with Gasteiger partial charge in [-0.25, -0.2) is 0 Å². The fourth-order valence-corrected chi connectivity index (χ4v) is 9.10. The molecule has 4 aromatic carbocycles. The maximum Gasteiger partial charge on any atom is 0.199 e. The van der Waals surface area contributed by atoms with Crippen molar-refractivity contribution < 1.29 is 9.59 Å². The Labute approximate surface area is 296 Å². The Kier molecular flexibility index (Phi) is 8.36. The van der Waals surface area contributed by atoms with Gasteiger partial charge in [-0.1, -0.05) is 142 Å². The van der Waals surface area contributed by atoms with E-state index >= 15 is 0 Å². The van der Waals surface area contributed by atoms with Gasteiger partial charge in [-0.2, -0.15) is 0 Å². The molecule has 0 radical (unpaired) electrons. The minimum Gasteiger partial charge on any atom is -0.312 e. The fourth-order valence-electron chi connectivity index (χ4n) is 8.07. The Hall–Kier alpha value is -3.08. The van der Waals surface area contributed by atoms with Crippen LogP contribution in [0.15, 0.2) is 78.0 Å². The van der Waals surface area contributed by atoms with Gasteiger partial charge in [0, 0.05) is 11.1 Å². The van der Waals surface area contributed by atoms with Crippen LogP contribution >= 0.6 is 46.4 Å². The molecular formula is C40H35Cl4NO2. The van der Waals surface area contributed by atoms with E-state index in [1.54, 1.807) is 6.08 Å². The number of carbonyl (C=O) groups is 2. The van der Waals surface area contributed by atoms with E-state index < -0.39 is 11.6 Å². The first-order chi connectivity index (χ1) is 22.5. The van der Waals surface area contributed by atoms with Gasteiger partial charge >= 0.3 is 0 Å². The van der Waals surface area contributed by atoms with Crippen molar-refractivity contribution in [1.82, 2.24) is 0 Å². The molecule has 1 heterocycles. The van der Waals surface area contributed by atoms with Crippen LogP contribution < -0.4 is 4.90 Å². The van der Waals surface area contributed by atoms with Gasteiger partial charge in [0.15, 0.2) is 11.6 Å². The van der Waals surface area contributed by atoms with Gasteiger partial charge in [0.25, 0.3) is 0 Å². The molecular weight excluding hydrogens is 668 g/mol. The molecule has 7 rings (SSSR count). The van der Waals surface area contributed by atoms with E-state index in [0.29, 0.717) is 0 Å². The molecule has 1 spiro atoms. The first kappa shape index (κ1) is 32.5. The van der Waals surface area contributed by atoms with Crippen LogP contribution in [0.3, 0.4) is 0 Å². The summed E-state index contributed by atoms with van der Waals surface area (Å²) in [5, 5.41) is 2.27. The number of nitrogens with zero attached hydrogens (tertiary/aromatic N) is 1. The van der Waals surface area contributed by atoms with Crippen molar-refractivity contribution in [3.63, 3.8) is 0 Å². The molecule has 3 aliphatic rings. The zero-order valence-corrected chi connectivity index (χ0v) is 29.8. The minimum atomic E-state index is -0.497. The normalized spacial score (nSPS) is 18.0. The molecule has 0 amide bonds. The first-order valence-electron chi connectivity index (χ1n) is 16.3. The van der Waals surface area contributed by atoms with Crippen molar-refractivity contribution in [2.75, 3.05) is 4.90 Å². The molecule has 0 bridgehead atoms. The van der Waals surface area contributed by atoms with Crippen LogP contribution in [-0.4, -0.2) is 11.6 Å². The highest BCUT2D eigenvalue weighted by molar-refractivity contribution is 6.57. The van der Waals surface area contributed by atoms with E-state index in [1.165, 1.54) is 39.6 Å². The molecule has 0 saturated heterocycles. The van der Waals surface area contributed by atoms with Crippen LogP contribution in [0.2, 0.25) is 20.1 Å². The fraction of sp³-hybridized carbons (Fsp3) is 0.300. The number of allylic oxidation sites excluding steroid dienone is 4. The maximum absolute atomic E-state index is 13.9. The molecule has 0 atom stereocenters. The van der Waals surface area contributed by atoms with Crippen LogP contribution in [0.25, 0.3) is 10.8 Å². The van der Waals surface area contributed by atoms with Gasteiger partial charge in [-0.3, -0.25) is 9.59 Å². The number of anilines is 2. The molecule has 7 heteroatoms. The lowest BCUT2D eigenvalue weighted by Crippen LogP contribution is -2.32. The van der Waals surface area contributed by atoms with Gasteiger partial charge < -0.3 is 4.90 Å². The quantitative estimate of drug-likeness (QED) is 0.0919. The van der Waals surface area contributed by atoms with E-state index in [9.17, 15) is 9.59 Å². The van der Waals surface area contributed by atoms with Crippen molar-refractivity contribution in [2.24, 2.45) is 0 Å². The molecule has 1 fully saturated rings. The maximum atomic E-state index is 13.9. The Balaban J connectivity index is 1.55. The predicted molar refractivity (Wildman–Crippen MR) is 197 cm³/mol. The lowest BCUT2D eigenvalue weighted by Gasteiger charge is -2.38. The second-order valence-corrected chi connectivity index (χ2v) is 15.1. The summed E-state index contributed by atoms with van der Waals surface area (Å²) in [5.41, 5.74) is 6.96. The number of rotatable bonds is 4. The third-order valence-corrected chi connectivity index (χ3v) is 12.1. The van der Waals surface area contributed by atoms with E-state index in [2.05, 4.69) is 87.2 Å². The first-order valence-corrected chi connectivity index (χ1v) is 17.8. The van der Waals surface area contributed by atoms with Crippen LogP contribution in [0.5, 0.6) is 0 Å². The molecule has 0 N–H and O–H groups in total. The van der Waals surface area contributed by atoms with Gasteiger partial charge in [0.2, 0.25) is 0 Å². The Morgan fingerprint density at radius 3 is 1.83 bits per heavy atom. The number of hydrogen-bond donors (Lipinski definition) is 0. The zero-order valence-electron chi connectivity index (χ0n) is 26.8. The number of carbonyl (C=O) groups excluding carboxylic acids is 2. The Morgan fingerprint density at radius 1 is 0.681 bits per heavy atom. The van der Waals surface area contributed by atoms with E-state index in [4.69, 9.17) is 46.4 Å². The van der Waals surface area contributed by atoms with Crippen molar-refractivity contribution in [3.8, 4) is 0 Å². The average molecular weight is 704 g/mol. The van der Waals surface area contributed by atoms with Gasteiger partial charge in [0.1, 0.15) is 0 Å². The number of Topliss-reactive ketones (excluding diaryl/α,β-unsaturated/α-hetero) is 2. The third kappa shape index (κ3) is 4.83. The molecule has 3 nitrogen and oxygen atoms in total. The summed E-state index contributed by atoms with van der Waals surface area (Å²) in [7, 11) is 0. The summed E-state index contributed by atoms with van der Waals surface area (Å²) in [4.78, 5) is 30.2. The van der Waals surface area contributed by atoms with Gasteiger partial charge in [-0.15, -0.1) is 0 Å². The van der Waals surface area contributed by atoms with Crippen LogP contribution in [0.1, 0.15) is 109 Å². The molecule has 47 heavy (non-hydrogen) atoms. The monoisotopic (exact) mass is 701 g/mol. The Morgan fingerprint density at radius 2 is 1.26 bits per heavy atom. The molecule has 240 valence electrons. The summed E-state index contributed by atoms with van der Waals surface area (Å²) in [6.07, 6.45) is 8.96. The predicted octanol–water partition coefficient (Wildman–Crippen LogP) is 12.9. The lowest BCUT2D eigenvalue weighted by atomic mass is 9.67. The number of ketones is 2. The van der Waals surface area contributed by atoms with Gasteiger partial charge in [0.05, 0.1) is 48.2 Å². The van der Waals surface area contributed by atoms with Crippen LogP contribution in [0, 0.1) is 0 Å². The second kappa shape index (κ2) is 12.1. The van der Waals surface area contributed by atoms with Crippen molar-refractivity contribution >= 4 is 80.1 Å². The topological polar surface area (TPSA) is 37.4 Å². The standard InChI is InChI=1S/C40H35Cl4NO2/c1-21(2)24-13-10-14-25(22(3)4)37(24)45-28-17-15-23-11-6-7-12-26(23)32(28)40(19-8-5-9-20-40)29(45)18-16-27-38(46)30-31(39(27)47)34(42)36(44)35(43)33(30)41/h6-7,10-18,21-22H,5,8-9,19-20H2,1-4H3/b29-18+. The van der Waals surface area contributed by atoms with E-state index in [1.807, 2.05) is 6.08 Å². The number of hydrogen-bond acceptors (Lipinski definition) is 3. The molecule has 0 aromatic heterocycles. The number of benzene rings is 4. The third-order valence-electron chi connectivity index (χ3n) is 10.2. The van der Waals surface area contributed by atoms with E-state index in [-0.39, 0.29) is 54.0 Å². The SMILES string of the molecule is CC(C)c1cccc(C(C)C)c1N1/C(=C/C=C2C(=O)c3c(Cl)c(Cl)c(Cl)c(Cl)c3C2=O)C2(CCCCC2)c2c1ccc1ccccc21. The summed E-state index contributed by atoms with van der Waals surface area (Å²) in [6.45, 7) is 8.94. The lowest BCUT2D eigenvalue weighted by molar-refractivity contribution is 0.0989. The number of fused-ring (bicyclic) bond motifs is 5. The van der Waals surface area contributed by atoms with Crippen molar-refractivity contribution in [1.29, 1.82) is 0 Å². The largest absolute Gasteiger partial charge is 0.312 e. The van der Waals surface area contributed by atoms with Crippen LogP contribution in [0.4, 0.5) is 11.4 Å². The molecule has 1 saturated carbocycles. The molecule has 0 unspecified atom stereocenters. The van der Waals surface area contributed by atoms with Gasteiger partial charge in [-0.05, 0) is 70.4 Å². The summed E-state index contributed by atoms with van der Waals surface area (Å²) < 4.78 is 0. The minimum absolute atomic E-state index is 0.00239. The average Bonchev–Trinajstić information content (AvgIpc) is 3.47. The molecule has 1 aliphatic heterocycles. The van der Waals surface area contributed by atoms with Crippen molar-refractivity contribution in [2.45, 2.75) is 77.0 Å². The van der Waals surface area contributed by atoms with E-state index in [0.717, 1.165) is 37.1 Å². The zero-order chi connectivity index (χ0) is 33.4. The summed E-state index contributed by atoms with van der Waals surface area (Å²) in [5.74, 6) is -0.464. The smallest absolute Gasteiger partial charge is 0.199 e. The summed E-state index contributed by atoms with van der Waals surface area (Å²) in [6, 6.07) is 19.7. The van der Waals surface area contributed by atoms with Crippen LogP contribution in [-0.2, 0) is 5.41 Å².